The molecule has 0 saturated heterocycles. The molecule has 27 heavy (non-hydrogen) atoms. The minimum absolute atomic E-state index is 0.201. The number of nitrogens with zero attached hydrogens (tertiary/aromatic N) is 1. The van der Waals surface area contributed by atoms with Gasteiger partial charge < -0.3 is 19.5 Å². The first-order valence-electron chi connectivity index (χ1n) is 8.51. The Morgan fingerprint density at radius 1 is 1.30 bits per heavy atom. The Morgan fingerprint density at radius 2 is 2.19 bits per heavy atom. The van der Waals surface area contributed by atoms with Crippen molar-refractivity contribution >= 4 is 17.2 Å². The molecule has 6 nitrogen and oxygen atoms in total. The molecule has 0 spiro atoms. The SMILES string of the molecule is CC(Oc1ccc2c(c1)OCO2)C(=O)NCc1cccnc1-c1ccsc1. The van der Waals surface area contributed by atoms with E-state index in [0.717, 1.165) is 16.8 Å². The number of amides is 1. The zero-order valence-corrected chi connectivity index (χ0v) is 15.5. The first kappa shape index (κ1) is 17.4. The highest BCUT2D eigenvalue weighted by Gasteiger charge is 2.18. The van der Waals surface area contributed by atoms with E-state index in [0.29, 0.717) is 23.8 Å². The highest BCUT2D eigenvalue weighted by molar-refractivity contribution is 7.08. The van der Waals surface area contributed by atoms with Crippen LogP contribution >= 0.6 is 11.3 Å². The number of benzene rings is 1. The van der Waals surface area contributed by atoms with Gasteiger partial charge in [0.2, 0.25) is 6.79 Å². The smallest absolute Gasteiger partial charge is 0.261 e. The van der Waals surface area contributed by atoms with Gasteiger partial charge in [0.15, 0.2) is 17.6 Å². The summed E-state index contributed by atoms with van der Waals surface area (Å²) in [6.45, 7) is 2.29. The van der Waals surface area contributed by atoms with Crippen LogP contribution in [0.2, 0.25) is 0 Å². The molecule has 2 aromatic heterocycles. The molecule has 138 valence electrons. The minimum atomic E-state index is -0.647. The number of carbonyl (C=O) groups is 1. The third-order valence-electron chi connectivity index (χ3n) is 4.17. The normalized spacial score (nSPS) is 13.2. The van der Waals surface area contributed by atoms with Crippen LogP contribution in [0, 0.1) is 0 Å². The van der Waals surface area contributed by atoms with Gasteiger partial charge in [0, 0.05) is 29.8 Å². The van der Waals surface area contributed by atoms with Gasteiger partial charge in [-0.3, -0.25) is 9.78 Å². The van der Waals surface area contributed by atoms with E-state index in [1.54, 1.807) is 42.7 Å². The molecule has 1 N–H and O–H groups in total. The zero-order chi connectivity index (χ0) is 18.6. The van der Waals surface area contributed by atoms with Gasteiger partial charge in [-0.2, -0.15) is 11.3 Å². The Bertz CT molecular complexity index is 943. The fourth-order valence-corrected chi connectivity index (χ4v) is 3.41. The summed E-state index contributed by atoms with van der Waals surface area (Å²) < 4.78 is 16.3. The quantitative estimate of drug-likeness (QED) is 0.705. The summed E-state index contributed by atoms with van der Waals surface area (Å²) in [4.78, 5) is 16.9. The van der Waals surface area contributed by atoms with E-state index in [2.05, 4.69) is 10.3 Å². The van der Waals surface area contributed by atoms with E-state index in [4.69, 9.17) is 14.2 Å². The molecule has 1 aliphatic heterocycles. The second-order valence-corrected chi connectivity index (χ2v) is 6.80. The fourth-order valence-electron chi connectivity index (χ4n) is 2.77. The summed E-state index contributed by atoms with van der Waals surface area (Å²) in [6, 6.07) is 11.1. The Labute approximate surface area is 160 Å². The van der Waals surface area contributed by atoms with Gasteiger partial charge in [-0.05, 0) is 42.1 Å². The van der Waals surface area contributed by atoms with Crippen LogP contribution < -0.4 is 19.5 Å². The maximum absolute atomic E-state index is 12.4. The number of pyridine rings is 1. The van der Waals surface area contributed by atoms with Crippen LogP contribution in [0.15, 0.2) is 53.4 Å². The van der Waals surface area contributed by atoms with Gasteiger partial charge in [-0.1, -0.05) is 6.07 Å². The van der Waals surface area contributed by atoms with Crippen molar-refractivity contribution in [2.75, 3.05) is 6.79 Å². The number of hydrogen-bond donors (Lipinski definition) is 1. The lowest BCUT2D eigenvalue weighted by molar-refractivity contribution is -0.127. The first-order valence-corrected chi connectivity index (χ1v) is 9.45. The number of thiophene rings is 1. The Hall–Kier alpha value is -3.06. The van der Waals surface area contributed by atoms with Crippen molar-refractivity contribution in [2.45, 2.75) is 19.6 Å². The molecule has 0 fully saturated rings. The second kappa shape index (κ2) is 7.67. The average molecular weight is 382 g/mol. The molecular formula is C20H18N2O4S. The van der Waals surface area contributed by atoms with Crippen LogP contribution in [0.5, 0.6) is 17.2 Å². The summed E-state index contributed by atoms with van der Waals surface area (Å²) >= 11 is 1.62. The van der Waals surface area contributed by atoms with E-state index in [9.17, 15) is 4.79 Å². The lowest BCUT2D eigenvalue weighted by Gasteiger charge is -2.15. The Morgan fingerprint density at radius 3 is 3.04 bits per heavy atom. The molecule has 7 heteroatoms. The molecule has 1 aliphatic rings. The van der Waals surface area contributed by atoms with Crippen molar-refractivity contribution in [3.05, 3.63) is 58.9 Å². The van der Waals surface area contributed by atoms with Crippen molar-refractivity contribution in [3.8, 4) is 28.5 Å². The van der Waals surface area contributed by atoms with Crippen LogP contribution in [0.1, 0.15) is 12.5 Å². The molecule has 1 atom stereocenters. The van der Waals surface area contributed by atoms with Crippen molar-refractivity contribution < 1.29 is 19.0 Å². The highest BCUT2D eigenvalue weighted by Crippen LogP contribution is 2.35. The third-order valence-corrected chi connectivity index (χ3v) is 4.85. The zero-order valence-electron chi connectivity index (χ0n) is 14.7. The van der Waals surface area contributed by atoms with E-state index < -0.39 is 6.10 Å². The number of ether oxygens (including phenoxy) is 3. The van der Waals surface area contributed by atoms with Crippen LogP contribution in [0.3, 0.4) is 0 Å². The minimum Gasteiger partial charge on any atom is -0.481 e. The monoisotopic (exact) mass is 382 g/mol. The Balaban J connectivity index is 1.38. The number of carbonyl (C=O) groups excluding carboxylic acids is 1. The summed E-state index contributed by atoms with van der Waals surface area (Å²) in [5.74, 6) is 1.66. The van der Waals surface area contributed by atoms with Crippen molar-refractivity contribution in [3.63, 3.8) is 0 Å². The van der Waals surface area contributed by atoms with E-state index in [1.807, 2.05) is 29.0 Å². The maximum Gasteiger partial charge on any atom is 0.261 e. The lowest BCUT2D eigenvalue weighted by atomic mass is 10.1. The van der Waals surface area contributed by atoms with Gasteiger partial charge >= 0.3 is 0 Å². The van der Waals surface area contributed by atoms with Gasteiger partial charge in [0.1, 0.15) is 5.75 Å². The number of aromatic nitrogens is 1. The van der Waals surface area contributed by atoms with Gasteiger partial charge in [0.05, 0.1) is 5.69 Å². The highest BCUT2D eigenvalue weighted by atomic mass is 32.1. The predicted molar refractivity (Wildman–Crippen MR) is 102 cm³/mol. The Kier molecular flexibility index (Phi) is 4.93. The molecule has 3 heterocycles. The molecule has 0 saturated carbocycles. The molecule has 4 rings (SSSR count). The first-order chi connectivity index (χ1) is 13.2. The summed E-state index contributed by atoms with van der Waals surface area (Å²) in [6.07, 6.45) is 1.11. The van der Waals surface area contributed by atoms with Gasteiger partial charge in [0.25, 0.3) is 5.91 Å². The number of rotatable bonds is 6. The molecule has 0 bridgehead atoms. The predicted octanol–water partition coefficient (Wildman–Crippen LogP) is 3.62. The average Bonchev–Trinajstić information content (AvgIpc) is 3.37. The number of nitrogens with one attached hydrogen (secondary N) is 1. The number of fused-ring (bicyclic) bond motifs is 1. The van der Waals surface area contributed by atoms with Gasteiger partial charge in [-0.25, -0.2) is 0 Å². The van der Waals surface area contributed by atoms with Crippen molar-refractivity contribution in [2.24, 2.45) is 0 Å². The molecular weight excluding hydrogens is 364 g/mol. The molecule has 3 aromatic rings. The molecule has 0 aliphatic carbocycles. The molecule has 1 unspecified atom stereocenters. The maximum atomic E-state index is 12.4. The lowest BCUT2D eigenvalue weighted by Crippen LogP contribution is -2.36. The van der Waals surface area contributed by atoms with Crippen LogP contribution in [-0.4, -0.2) is 23.8 Å². The summed E-state index contributed by atoms with van der Waals surface area (Å²) in [7, 11) is 0. The number of hydrogen-bond acceptors (Lipinski definition) is 6. The fraction of sp³-hybridized carbons (Fsp3) is 0.200. The molecule has 1 amide bonds. The second-order valence-electron chi connectivity index (χ2n) is 6.02. The van der Waals surface area contributed by atoms with Crippen LogP contribution in [-0.2, 0) is 11.3 Å². The molecule has 0 radical (unpaired) electrons. The summed E-state index contributed by atoms with van der Waals surface area (Å²) in [5, 5.41) is 6.97. The van der Waals surface area contributed by atoms with E-state index >= 15 is 0 Å². The molecule has 1 aromatic carbocycles. The van der Waals surface area contributed by atoms with Gasteiger partial charge in [-0.15, -0.1) is 0 Å². The van der Waals surface area contributed by atoms with Crippen molar-refractivity contribution in [1.82, 2.24) is 10.3 Å². The van der Waals surface area contributed by atoms with E-state index in [-0.39, 0.29) is 12.7 Å². The summed E-state index contributed by atoms with van der Waals surface area (Å²) in [5.41, 5.74) is 2.89. The topological polar surface area (TPSA) is 69.7 Å². The van der Waals surface area contributed by atoms with E-state index in [1.165, 1.54) is 0 Å². The van der Waals surface area contributed by atoms with Crippen molar-refractivity contribution in [1.29, 1.82) is 0 Å². The third kappa shape index (κ3) is 3.88. The standard InChI is InChI=1S/C20H18N2O4S/c1-13(26-16-4-5-17-18(9-16)25-12-24-17)20(23)22-10-14-3-2-7-21-19(14)15-6-8-27-11-15/h2-9,11,13H,10,12H2,1H3,(H,22,23). The van der Waals surface area contributed by atoms with Crippen LogP contribution in [0.4, 0.5) is 0 Å². The van der Waals surface area contributed by atoms with Crippen LogP contribution in [0.25, 0.3) is 11.3 Å². The largest absolute Gasteiger partial charge is 0.481 e.